The summed E-state index contributed by atoms with van der Waals surface area (Å²) < 4.78 is 1.70. The van der Waals surface area contributed by atoms with Gasteiger partial charge in [-0.3, -0.25) is 28.6 Å². The summed E-state index contributed by atoms with van der Waals surface area (Å²) in [5.41, 5.74) is 2.05. The molecule has 14 heteroatoms. The molecule has 2 aliphatic rings. The van der Waals surface area contributed by atoms with Crippen LogP contribution in [0.1, 0.15) is 61.0 Å². The number of piperazine rings is 1. The first-order valence-corrected chi connectivity index (χ1v) is 16.0. The first-order chi connectivity index (χ1) is 21.7. The number of rotatable bonds is 12. The Bertz CT molecular complexity index is 1600. The predicted molar refractivity (Wildman–Crippen MR) is 174 cm³/mol. The molecule has 13 nitrogen and oxygen atoms in total. The third-order valence-electron chi connectivity index (χ3n) is 8.46. The summed E-state index contributed by atoms with van der Waals surface area (Å²) in [7, 11) is 0. The van der Waals surface area contributed by atoms with Crippen molar-refractivity contribution in [3.05, 3.63) is 46.0 Å². The van der Waals surface area contributed by atoms with Crippen LogP contribution in [-0.2, 0) is 9.59 Å². The van der Waals surface area contributed by atoms with Crippen molar-refractivity contribution in [2.24, 2.45) is 0 Å². The molecule has 0 bridgehead atoms. The summed E-state index contributed by atoms with van der Waals surface area (Å²) in [6.45, 7) is 7.54. The number of aryl methyl sites for hydroxylation is 1. The van der Waals surface area contributed by atoms with E-state index < -0.39 is 0 Å². The number of nitrogens with one attached hydrogen (secondary N) is 3. The maximum atomic E-state index is 13.5. The number of amides is 2. The summed E-state index contributed by atoms with van der Waals surface area (Å²) in [6.07, 6.45) is 7.96. The zero-order chi connectivity index (χ0) is 31.9. The molecule has 1 aliphatic carbocycles. The maximum Gasteiger partial charge on any atom is 0.263 e. The lowest BCUT2D eigenvalue weighted by atomic mass is 10.0. The standard InChI is InChI=1S/C31H40ClN9O4/c1-20-24-18-36-31(38-29(24)41(22-6-3-4-7-22)30(45)28(20)21(2)42)37-25-9-8-23(17-35-25)40-14-12-39(13-15-40)19-27(44)34-11-5-10-33-26(43)16-32/h8-9,17-18,22H,3-7,10-16,19H2,1-2H3,(H,33,43)(H,34,44)(H,35,36,37,38). The Hall–Kier alpha value is -4.10. The van der Waals surface area contributed by atoms with Crippen molar-refractivity contribution in [3.8, 4) is 0 Å². The van der Waals surface area contributed by atoms with E-state index in [0.29, 0.717) is 54.4 Å². The third-order valence-corrected chi connectivity index (χ3v) is 8.70. The Labute approximate surface area is 266 Å². The van der Waals surface area contributed by atoms with Crippen LogP contribution in [0.2, 0.25) is 0 Å². The van der Waals surface area contributed by atoms with Crippen LogP contribution < -0.4 is 26.4 Å². The van der Waals surface area contributed by atoms with Gasteiger partial charge < -0.3 is 20.9 Å². The van der Waals surface area contributed by atoms with Gasteiger partial charge in [0, 0.05) is 56.9 Å². The highest BCUT2D eigenvalue weighted by Crippen LogP contribution is 2.32. The molecule has 0 unspecified atom stereocenters. The molecule has 45 heavy (non-hydrogen) atoms. The van der Waals surface area contributed by atoms with Crippen LogP contribution in [0.4, 0.5) is 17.5 Å². The molecule has 240 valence electrons. The Morgan fingerprint density at radius 2 is 1.69 bits per heavy atom. The first-order valence-electron chi connectivity index (χ1n) is 15.5. The van der Waals surface area contributed by atoms with Gasteiger partial charge in [-0.15, -0.1) is 11.6 Å². The second kappa shape index (κ2) is 14.8. The van der Waals surface area contributed by atoms with Crippen LogP contribution in [0, 0.1) is 6.92 Å². The van der Waals surface area contributed by atoms with E-state index in [1.165, 1.54) is 6.92 Å². The molecule has 3 aromatic rings. The van der Waals surface area contributed by atoms with Gasteiger partial charge in [0.25, 0.3) is 5.56 Å². The van der Waals surface area contributed by atoms with Crippen molar-refractivity contribution in [3.63, 3.8) is 0 Å². The molecule has 0 spiro atoms. The number of ketones is 1. The molecule has 1 saturated carbocycles. The van der Waals surface area contributed by atoms with Crippen molar-refractivity contribution in [2.45, 2.75) is 52.0 Å². The monoisotopic (exact) mass is 637 g/mol. The van der Waals surface area contributed by atoms with E-state index in [0.717, 1.165) is 57.5 Å². The average Bonchev–Trinajstić information content (AvgIpc) is 3.56. The number of anilines is 3. The fraction of sp³-hybridized carbons (Fsp3) is 0.516. The number of carbonyl (C=O) groups is 3. The van der Waals surface area contributed by atoms with Gasteiger partial charge in [0.05, 0.1) is 24.0 Å². The van der Waals surface area contributed by atoms with E-state index >= 15 is 0 Å². The minimum atomic E-state index is -0.280. The van der Waals surface area contributed by atoms with Gasteiger partial charge in [0.2, 0.25) is 17.8 Å². The van der Waals surface area contributed by atoms with E-state index in [9.17, 15) is 19.2 Å². The normalized spacial score (nSPS) is 15.8. The van der Waals surface area contributed by atoms with Crippen LogP contribution in [0.25, 0.3) is 11.0 Å². The number of halogens is 1. The molecular formula is C31H40ClN9O4. The van der Waals surface area contributed by atoms with Gasteiger partial charge in [-0.25, -0.2) is 9.97 Å². The molecule has 2 amide bonds. The lowest BCUT2D eigenvalue weighted by Crippen LogP contribution is -2.49. The highest BCUT2D eigenvalue weighted by atomic mass is 35.5. The number of hydrogen-bond acceptors (Lipinski definition) is 10. The zero-order valence-corrected chi connectivity index (χ0v) is 26.5. The molecule has 0 radical (unpaired) electrons. The second-order valence-corrected chi connectivity index (χ2v) is 11.8. The molecular weight excluding hydrogens is 598 g/mol. The van der Waals surface area contributed by atoms with Gasteiger partial charge in [0.15, 0.2) is 5.78 Å². The number of pyridine rings is 2. The van der Waals surface area contributed by atoms with Crippen molar-refractivity contribution < 1.29 is 14.4 Å². The summed E-state index contributed by atoms with van der Waals surface area (Å²) in [4.78, 5) is 67.4. The molecule has 0 aromatic carbocycles. The highest BCUT2D eigenvalue weighted by Gasteiger charge is 2.26. The largest absolute Gasteiger partial charge is 0.368 e. The number of carbonyl (C=O) groups excluding carboxylic acids is 3. The van der Waals surface area contributed by atoms with Crippen LogP contribution in [0.5, 0.6) is 0 Å². The molecule has 3 N–H and O–H groups in total. The Morgan fingerprint density at radius 1 is 0.978 bits per heavy atom. The fourth-order valence-corrected chi connectivity index (χ4v) is 6.18. The van der Waals surface area contributed by atoms with Gasteiger partial charge in [-0.2, -0.15) is 4.98 Å². The average molecular weight is 638 g/mol. The van der Waals surface area contributed by atoms with Gasteiger partial charge in [-0.05, 0) is 50.8 Å². The SMILES string of the molecule is CC(=O)c1c(C)c2cnc(Nc3ccc(N4CCN(CC(=O)NCCCNC(=O)CCl)CC4)cn3)nc2n(C2CCCC2)c1=O. The van der Waals surface area contributed by atoms with Crippen molar-refractivity contribution in [1.29, 1.82) is 0 Å². The second-order valence-electron chi connectivity index (χ2n) is 11.6. The van der Waals surface area contributed by atoms with Crippen molar-refractivity contribution >= 4 is 57.7 Å². The summed E-state index contributed by atoms with van der Waals surface area (Å²) in [5, 5.41) is 9.44. The zero-order valence-electron chi connectivity index (χ0n) is 25.8. The topological polar surface area (TPSA) is 154 Å². The van der Waals surface area contributed by atoms with Crippen LogP contribution in [0.15, 0.2) is 29.3 Å². The molecule has 1 saturated heterocycles. The number of Topliss-reactive ketones (excluding diaryl/α,β-unsaturated/α-hetero) is 1. The minimum Gasteiger partial charge on any atom is -0.368 e. The number of fused-ring (bicyclic) bond motifs is 1. The number of aromatic nitrogens is 4. The smallest absolute Gasteiger partial charge is 0.263 e. The number of hydrogen-bond donors (Lipinski definition) is 3. The maximum absolute atomic E-state index is 13.5. The van der Waals surface area contributed by atoms with Gasteiger partial charge >= 0.3 is 0 Å². The molecule has 5 rings (SSSR count). The third kappa shape index (κ3) is 7.77. The van der Waals surface area contributed by atoms with Gasteiger partial charge in [0.1, 0.15) is 17.3 Å². The van der Waals surface area contributed by atoms with E-state index in [1.807, 2.05) is 12.1 Å². The van der Waals surface area contributed by atoms with E-state index in [4.69, 9.17) is 16.6 Å². The number of nitrogens with zero attached hydrogens (tertiary/aromatic N) is 6. The van der Waals surface area contributed by atoms with Crippen molar-refractivity contribution in [1.82, 2.24) is 35.1 Å². The Balaban J connectivity index is 1.18. The molecule has 1 aliphatic heterocycles. The Kier molecular flexibility index (Phi) is 10.6. The number of alkyl halides is 1. The molecule has 3 aromatic heterocycles. The van der Waals surface area contributed by atoms with E-state index in [1.54, 1.807) is 23.9 Å². The van der Waals surface area contributed by atoms with Gasteiger partial charge in [-0.1, -0.05) is 12.8 Å². The predicted octanol–water partition coefficient (Wildman–Crippen LogP) is 2.54. The first kappa shape index (κ1) is 32.3. The van der Waals surface area contributed by atoms with E-state index in [2.05, 4.69) is 35.7 Å². The van der Waals surface area contributed by atoms with E-state index in [-0.39, 0.29) is 40.6 Å². The molecule has 0 atom stereocenters. The fourth-order valence-electron chi connectivity index (χ4n) is 6.08. The van der Waals surface area contributed by atoms with Crippen LogP contribution in [-0.4, -0.2) is 93.7 Å². The van der Waals surface area contributed by atoms with Crippen LogP contribution in [0.3, 0.4) is 0 Å². The molecule has 4 heterocycles. The molecule has 2 fully saturated rings. The summed E-state index contributed by atoms with van der Waals surface area (Å²) in [6, 6.07) is 3.86. The lowest BCUT2D eigenvalue weighted by molar-refractivity contribution is -0.122. The highest BCUT2D eigenvalue weighted by molar-refractivity contribution is 6.27. The lowest BCUT2D eigenvalue weighted by Gasteiger charge is -2.35. The summed E-state index contributed by atoms with van der Waals surface area (Å²) >= 11 is 5.45. The Morgan fingerprint density at radius 3 is 2.33 bits per heavy atom. The van der Waals surface area contributed by atoms with Crippen molar-refractivity contribution in [2.75, 3.05) is 61.9 Å². The minimum absolute atomic E-state index is 0.00989. The van der Waals surface area contributed by atoms with Crippen LogP contribution >= 0.6 is 11.6 Å². The quantitative estimate of drug-likeness (QED) is 0.153. The summed E-state index contributed by atoms with van der Waals surface area (Å²) in [5.74, 6) is 0.344.